The van der Waals surface area contributed by atoms with Gasteiger partial charge in [0, 0.05) is 34.6 Å². The van der Waals surface area contributed by atoms with Crippen LogP contribution < -0.4 is 0 Å². The van der Waals surface area contributed by atoms with Crippen LogP contribution in [-0.4, -0.2) is 51.3 Å². The van der Waals surface area contributed by atoms with Crippen LogP contribution in [0.25, 0.3) is 28.1 Å². The molecular weight excluding hydrogens is 495 g/mol. The summed E-state index contributed by atoms with van der Waals surface area (Å²) in [5.41, 5.74) is 3.58. The number of halogens is 1. The lowest BCUT2D eigenvalue weighted by molar-refractivity contribution is -0.757. The molecule has 0 amide bonds. The number of aliphatic hydroxyl groups excluding tert-OH is 2. The minimum atomic E-state index is -1.12. The van der Waals surface area contributed by atoms with Crippen molar-refractivity contribution in [1.82, 2.24) is 4.57 Å². The van der Waals surface area contributed by atoms with E-state index in [1.165, 1.54) is 12.1 Å². The van der Waals surface area contributed by atoms with Gasteiger partial charge in [-0.05, 0) is 56.5 Å². The second kappa shape index (κ2) is 13.7. The summed E-state index contributed by atoms with van der Waals surface area (Å²) in [6.07, 6.45) is 1.60. The number of carbonyl (C=O) groups excluding carboxylic acids is 1. The fraction of sp³-hybridized carbons (Fsp3) is 0.393. The number of carbonyl (C=O) groups is 1. The van der Waals surface area contributed by atoms with E-state index < -0.39 is 23.3 Å². The molecule has 0 aliphatic rings. The van der Waals surface area contributed by atoms with Crippen molar-refractivity contribution in [2.45, 2.75) is 57.8 Å². The third-order valence-electron chi connectivity index (χ3n) is 5.99. The zero-order valence-corrected chi connectivity index (χ0v) is 21.5. The maximum atomic E-state index is 13.6. The Balaban J connectivity index is 1.68. The van der Waals surface area contributed by atoms with Gasteiger partial charge < -0.3 is 24.4 Å². The first kappa shape index (κ1) is 28.8. The van der Waals surface area contributed by atoms with E-state index in [0.29, 0.717) is 12.8 Å². The Labute approximate surface area is 220 Å². The highest BCUT2D eigenvalue weighted by Crippen LogP contribution is 2.38. The van der Waals surface area contributed by atoms with Crippen molar-refractivity contribution in [1.29, 1.82) is 0 Å². The van der Waals surface area contributed by atoms with Gasteiger partial charge in [0.15, 0.2) is 0 Å². The number of benzene rings is 2. The lowest BCUT2D eigenvalue weighted by atomic mass is 10.0. The van der Waals surface area contributed by atoms with Gasteiger partial charge in [-0.1, -0.05) is 36.4 Å². The molecule has 0 spiro atoms. The number of esters is 1. The van der Waals surface area contributed by atoms with E-state index in [0.717, 1.165) is 27.7 Å². The Bertz CT molecular complexity index is 1250. The van der Waals surface area contributed by atoms with Crippen LogP contribution in [-0.2, 0) is 14.4 Å². The largest absolute Gasteiger partial charge is 0.466 e. The van der Waals surface area contributed by atoms with Crippen LogP contribution in [0.2, 0.25) is 0 Å². The first-order chi connectivity index (χ1) is 18.2. The van der Waals surface area contributed by atoms with Gasteiger partial charge in [0.2, 0.25) is 0 Å². The predicted octanol–water partition coefficient (Wildman–Crippen LogP) is 5.08. The molecule has 1 aromatic heterocycles. The summed E-state index contributed by atoms with van der Waals surface area (Å²) in [6, 6.07) is 14.3. The summed E-state index contributed by atoms with van der Waals surface area (Å²) in [6.45, 7) is 4.09. The van der Waals surface area contributed by atoms with Crippen molar-refractivity contribution < 1.29 is 34.1 Å². The number of para-hydroxylation sites is 1. The number of nitrogens with zero attached hydrogens (tertiary/aromatic N) is 2. The van der Waals surface area contributed by atoms with Gasteiger partial charge in [-0.25, -0.2) is 4.39 Å². The Kier molecular flexibility index (Phi) is 10.4. The standard InChI is InChI=1S/C28H33FN2O7/c1-19(2)30-25-8-4-3-7-24(25)28(20-9-11-21(29)12-10-20)26(30)14-13-22(32)17-23(33)18-27(34)37-15-5-6-16-38-31(35)36/h3-4,7-14,19,22-23,32-33H,5-6,15-18H2,1-2H3/t22-,23-/m1/s1. The molecule has 0 aliphatic heterocycles. The normalized spacial score (nSPS) is 13.2. The smallest absolute Gasteiger partial charge is 0.308 e. The second-order valence-corrected chi connectivity index (χ2v) is 9.25. The molecule has 0 bridgehead atoms. The van der Waals surface area contributed by atoms with Gasteiger partial charge in [-0.3, -0.25) is 4.79 Å². The van der Waals surface area contributed by atoms with Crippen LogP contribution in [0.5, 0.6) is 0 Å². The highest BCUT2D eigenvalue weighted by Gasteiger charge is 2.20. The molecule has 0 aliphatic carbocycles. The average molecular weight is 529 g/mol. The van der Waals surface area contributed by atoms with Crippen LogP contribution in [0, 0.1) is 15.9 Å². The molecule has 204 valence electrons. The van der Waals surface area contributed by atoms with Crippen molar-refractivity contribution in [2.24, 2.45) is 0 Å². The quantitative estimate of drug-likeness (QED) is 0.129. The Morgan fingerprint density at radius 1 is 1.11 bits per heavy atom. The van der Waals surface area contributed by atoms with E-state index in [2.05, 4.69) is 23.3 Å². The molecule has 2 aromatic carbocycles. The van der Waals surface area contributed by atoms with Crippen LogP contribution in [0.15, 0.2) is 54.6 Å². The number of rotatable bonds is 14. The summed E-state index contributed by atoms with van der Waals surface area (Å²) in [5, 5.41) is 31.1. The molecular formula is C28H33FN2O7. The van der Waals surface area contributed by atoms with Gasteiger partial charge in [0.1, 0.15) is 5.82 Å². The fourth-order valence-electron chi connectivity index (χ4n) is 4.35. The van der Waals surface area contributed by atoms with Gasteiger partial charge in [0.25, 0.3) is 5.09 Å². The highest BCUT2D eigenvalue weighted by molar-refractivity contribution is 6.01. The van der Waals surface area contributed by atoms with Crippen molar-refractivity contribution in [3.05, 3.63) is 76.2 Å². The van der Waals surface area contributed by atoms with E-state index in [1.54, 1.807) is 24.3 Å². The zero-order valence-electron chi connectivity index (χ0n) is 21.5. The number of aromatic nitrogens is 1. The lowest BCUT2D eigenvalue weighted by Crippen LogP contribution is -2.21. The number of unbranched alkanes of at least 4 members (excludes halogenated alkanes) is 1. The first-order valence-electron chi connectivity index (χ1n) is 12.5. The third kappa shape index (κ3) is 7.87. The Morgan fingerprint density at radius 3 is 2.47 bits per heavy atom. The van der Waals surface area contributed by atoms with Gasteiger partial charge in [-0.2, -0.15) is 0 Å². The molecule has 0 unspecified atom stereocenters. The van der Waals surface area contributed by atoms with Gasteiger partial charge in [-0.15, -0.1) is 10.1 Å². The molecule has 0 saturated heterocycles. The average Bonchev–Trinajstić information content (AvgIpc) is 3.19. The van der Waals surface area contributed by atoms with Crippen molar-refractivity contribution in [3.63, 3.8) is 0 Å². The predicted molar refractivity (Wildman–Crippen MR) is 141 cm³/mol. The van der Waals surface area contributed by atoms with Crippen LogP contribution in [0.4, 0.5) is 4.39 Å². The number of fused-ring (bicyclic) bond motifs is 1. The maximum absolute atomic E-state index is 13.6. The first-order valence-corrected chi connectivity index (χ1v) is 12.5. The molecule has 2 atom stereocenters. The van der Waals surface area contributed by atoms with Crippen molar-refractivity contribution >= 4 is 22.9 Å². The molecule has 0 fully saturated rings. The molecule has 0 radical (unpaired) electrons. The van der Waals surface area contributed by atoms with Gasteiger partial charge in [0.05, 0.1) is 31.8 Å². The minimum Gasteiger partial charge on any atom is -0.466 e. The molecule has 2 N–H and O–H groups in total. The summed E-state index contributed by atoms with van der Waals surface area (Å²) in [4.78, 5) is 26.2. The Hall–Kier alpha value is -3.76. The Morgan fingerprint density at radius 2 is 1.79 bits per heavy atom. The molecule has 3 aromatic rings. The van der Waals surface area contributed by atoms with E-state index >= 15 is 0 Å². The van der Waals surface area contributed by atoms with Gasteiger partial charge >= 0.3 is 5.97 Å². The molecule has 38 heavy (non-hydrogen) atoms. The van der Waals surface area contributed by atoms with Crippen LogP contribution in [0.3, 0.4) is 0 Å². The maximum Gasteiger partial charge on any atom is 0.308 e. The fourth-order valence-corrected chi connectivity index (χ4v) is 4.35. The summed E-state index contributed by atoms with van der Waals surface area (Å²) in [7, 11) is 0. The lowest BCUT2D eigenvalue weighted by Gasteiger charge is -2.15. The highest BCUT2D eigenvalue weighted by atomic mass is 19.1. The monoisotopic (exact) mass is 528 g/mol. The SMILES string of the molecule is CC(C)n1c(C=C[C@@H](O)C[C@@H](O)CC(=O)OCCCCO[N+](=O)[O-])c(-c2ccc(F)cc2)c2ccccc21. The summed E-state index contributed by atoms with van der Waals surface area (Å²) < 4.78 is 20.8. The van der Waals surface area contributed by atoms with Crippen molar-refractivity contribution in [3.8, 4) is 11.1 Å². The minimum absolute atomic E-state index is 0.0565. The van der Waals surface area contributed by atoms with Crippen LogP contribution >= 0.6 is 0 Å². The molecule has 9 nitrogen and oxygen atoms in total. The van der Waals surface area contributed by atoms with E-state index in [9.17, 15) is 29.5 Å². The van der Waals surface area contributed by atoms with E-state index in [-0.39, 0.29) is 37.9 Å². The number of ether oxygens (including phenoxy) is 1. The summed E-state index contributed by atoms with van der Waals surface area (Å²) in [5.74, 6) is -0.951. The molecule has 10 heteroatoms. The van der Waals surface area contributed by atoms with E-state index in [1.807, 2.05) is 24.3 Å². The second-order valence-electron chi connectivity index (χ2n) is 9.25. The molecule has 0 saturated carbocycles. The number of hydrogen-bond acceptors (Lipinski definition) is 7. The topological polar surface area (TPSA) is 124 Å². The van der Waals surface area contributed by atoms with E-state index in [4.69, 9.17) is 4.74 Å². The number of hydrogen-bond donors (Lipinski definition) is 2. The van der Waals surface area contributed by atoms with Crippen LogP contribution in [0.1, 0.15) is 51.3 Å². The van der Waals surface area contributed by atoms with Crippen molar-refractivity contribution in [2.75, 3.05) is 13.2 Å². The zero-order chi connectivity index (χ0) is 27.7. The third-order valence-corrected chi connectivity index (χ3v) is 5.99. The number of aliphatic hydroxyl groups is 2. The molecule has 1 heterocycles. The summed E-state index contributed by atoms with van der Waals surface area (Å²) >= 11 is 0. The molecule has 3 rings (SSSR count).